The topological polar surface area (TPSA) is 180 Å². The zero-order valence-electron chi connectivity index (χ0n) is 25.4. The molecular formula is C31H35N5O7S3. The van der Waals surface area contributed by atoms with Crippen LogP contribution in [0.4, 0.5) is 5.69 Å². The van der Waals surface area contributed by atoms with Crippen LogP contribution >= 0.6 is 23.1 Å². The first-order chi connectivity index (χ1) is 22.0. The molecule has 4 N–H and O–H groups in total. The number of fused-ring (bicyclic) bond motifs is 1. The van der Waals surface area contributed by atoms with Gasteiger partial charge in [-0.1, -0.05) is 30.8 Å². The largest absolute Gasteiger partial charge is 0.462 e. The Kier molecular flexibility index (Phi) is 12.1. The van der Waals surface area contributed by atoms with Crippen molar-refractivity contribution in [2.24, 2.45) is 5.14 Å². The van der Waals surface area contributed by atoms with Gasteiger partial charge in [0.15, 0.2) is 5.16 Å². The number of hydrogen-bond acceptors (Lipinski definition) is 10. The van der Waals surface area contributed by atoms with Crippen LogP contribution in [-0.2, 0) is 37.3 Å². The summed E-state index contributed by atoms with van der Waals surface area (Å²) in [6.07, 6.45) is 1.51. The summed E-state index contributed by atoms with van der Waals surface area (Å²) in [5.41, 5.74) is 2.06. The van der Waals surface area contributed by atoms with Crippen LogP contribution in [0, 0.1) is 0 Å². The zero-order valence-corrected chi connectivity index (χ0v) is 27.8. The molecule has 4 aromatic rings. The van der Waals surface area contributed by atoms with E-state index in [4.69, 9.17) is 9.88 Å². The lowest BCUT2D eigenvalue weighted by Gasteiger charge is -2.17. The van der Waals surface area contributed by atoms with E-state index in [9.17, 15) is 27.6 Å². The predicted octanol–water partition coefficient (Wildman–Crippen LogP) is 3.93. The number of nitrogens with one attached hydrogen (secondary N) is 2. The van der Waals surface area contributed by atoms with Gasteiger partial charge in [-0.05, 0) is 79.6 Å². The van der Waals surface area contributed by atoms with E-state index in [1.807, 2.05) is 6.92 Å². The molecule has 0 aliphatic heterocycles. The molecule has 2 aromatic carbocycles. The standard InChI is InChI=1S/C31H35N5O7S3/c1-3-25(28(38)34-22-11-9-21(10-12-22)30(40)43-4-2)45-31-35-24-16-19-44-27(24)29(39)36(31)18-5-6-26(37)33-17-15-20-7-13-23(14-8-20)46(32,41)42/h7-14,16,19,25H,3-6,15,17-18H2,1-2H3,(H,33,37)(H,34,38)(H2,32,41,42). The molecule has 2 amide bonds. The van der Waals surface area contributed by atoms with Crippen LogP contribution in [-0.4, -0.2) is 54.2 Å². The molecule has 244 valence electrons. The second-order valence-electron chi connectivity index (χ2n) is 10.2. The molecule has 1 unspecified atom stereocenters. The van der Waals surface area contributed by atoms with Crippen molar-refractivity contribution in [2.45, 2.75) is 61.4 Å². The number of nitrogens with two attached hydrogens (primary N) is 1. The maximum Gasteiger partial charge on any atom is 0.338 e. The first-order valence-corrected chi connectivity index (χ1v) is 17.9. The van der Waals surface area contributed by atoms with Crippen LogP contribution in [0.3, 0.4) is 0 Å². The highest BCUT2D eigenvalue weighted by atomic mass is 32.2. The molecule has 0 aliphatic carbocycles. The molecule has 2 heterocycles. The van der Waals surface area contributed by atoms with Gasteiger partial charge in [0.05, 0.1) is 27.8 Å². The maximum atomic E-state index is 13.4. The summed E-state index contributed by atoms with van der Waals surface area (Å²) < 4.78 is 29.9. The van der Waals surface area contributed by atoms with Crippen molar-refractivity contribution >= 4 is 66.8 Å². The molecule has 0 aliphatic rings. The first kappa shape index (κ1) is 34.8. The summed E-state index contributed by atoms with van der Waals surface area (Å²) in [4.78, 5) is 55.8. The molecule has 0 fully saturated rings. The molecule has 0 saturated carbocycles. The summed E-state index contributed by atoms with van der Waals surface area (Å²) in [6, 6.07) is 14.3. The van der Waals surface area contributed by atoms with Crippen molar-refractivity contribution in [1.82, 2.24) is 14.9 Å². The number of rotatable bonds is 15. The molecular weight excluding hydrogens is 651 g/mol. The molecule has 4 rings (SSSR count). The van der Waals surface area contributed by atoms with Gasteiger partial charge in [0.25, 0.3) is 5.56 Å². The number of ether oxygens (including phenoxy) is 1. The highest BCUT2D eigenvalue weighted by molar-refractivity contribution is 8.00. The van der Waals surface area contributed by atoms with Gasteiger partial charge in [0.1, 0.15) is 4.70 Å². The Balaban J connectivity index is 1.36. The minimum absolute atomic E-state index is 0.0243. The second-order valence-corrected chi connectivity index (χ2v) is 13.8. The number of benzene rings is 2. The van der Waals surface area contributed by atoms with Crippen LogP contribution in [0.25, 0.3) is 10.2 Å². The van der Waals surface area contributed by atoms with Gasteiger partial charge in [0, 0.05) is 25.2 Å². The monoisotopic (exact) mass is 685 g/mol. The number of sulfonamides is 1. The third kappa shape index (κ3) is 9.25. The Bertz CT molecular complexity index is 1850. The number of thioether (sulfide) groups is 1. The first-order valence-electron chi connectivity index (χ1n) is 14.6. The van der Waals surface area contributed by atoms with Crippen molar-refractivity contribution in [3.05, 3.63) is 81.5 Å². The average Bonchev–Trinajstić information content (AvgIpc) is 3.50. The third-order valence-corrected chi connectivity index (χ3v) is 10.1. The predicted molar refractivity (Wildman–Crippen MR) is 179 cm³/mol. The van der Waals surface area contributed by atoms with E-state index in [2.05, 4.69) is 15.6 Å². The Morgan fingerprint density at radius 2 is 1.78 bits per heavy atom. The van der Waals surface area contributed by atoms with Gasteiger partial charge in [-0.2, -0.15) is 0 Å². The van der Waals surface area contributed by atoms with Gasteiger partial charge < -0.3 is 15.4 Å². The maximum absolute atomic E-state index is 13.4. The van der Waals surface area contributed by atoms with E-state index >= 15 is 0 Å². The van der Waals surface area contributed by atoms with E-state index in [1.54, 1.807) is 54.8 Å². The number of carbonyl (C=O) groups is 3. The average molecular weight is 686 g/mol. The van der Waals surface area contributed by atoms with Crippen LogP contribution < -0.4 is 21.3 Å². The molecule has 15 heteroatoms. The lowest BCUT2D eigenvalue weighted by atomic mass is 10.1. The van der Waals surface area contributed by atoms with Crippen molar-refractivity contribution in [1.29, 1.82) is 0 Å². The summed E-state index contributed by atoms with van der Waals surface area (Å²) in [5, 5.41) is 12.4. The van der Waals surface area contributed by atoms with Gasteiger partial charge in [-0.3, -0.25) is 19.0 Å². The van der Waals surface area contributed by atoms with Crippen LogP contribution in [0.1, 0.15) is 49.0 Å². The van der Waals surface area contributed by atoms with Gasteiger partial charge in [-0.15, -0.1) is 11.3 Å². The molecule has 1 atom stereocenters. The van der Waals surface area contributed by atoms with Crippen LogP contribution in [0.15, 0.2) is 74.8 Å². The van der Waals surface area contributed by atoms with Crippen molar-refractivity contribution < 1.29 is 27.5 Å². The SMILES string of the molecule is CCOC(=O)c1ccc(NC(=O)C(CC)Sc2nc3ccsc3c(=O)n2CCCC(=O)NCCc2ccc(S(N)(=O)=O)cc2)cc1. The minimum Gasteiger partial charge on any atom is -0.462 e. The highest BCUT2D eigenvalue weighted by Gasteiger charge is 2.23. The number of esters is 1. The number of nitrogens with zero attached hydrogens (tertiary/aromatic N) is 2. The number of amides is 2. The van der Waals surface area contributed by atoms with Gasteiger partial charge in [0.2, 0.25) is 21.8 Å². The minimum atomic E-state index is -3.77. The molecule has 0 saturated heterocycles. The lowest BCUT2D eigenvalue weighted by molar-refractivity contribution is -0.121. The van der Waals surface area contributed by atoms with E-state index in [1.165, 1.54) is 39.8 Å². The molecule has 0 radical (unpaired) electrons. The normalized spacial score (nSPS) is 12.1. The van der Waals surface area contributed by atoms with E-state index < -0.39 is 21.2 Å². The van der Waals surface area contributed by atoms with Crippen molar-refractivity contribution in [2.75, 3.05) is 18.5 Å². The van der Waals surface area contributed by atoms with Gasteiger partial charge >= 0.3 is 5.97 Å². The molecule has 2 aromatic heterocycles. The Labute approximate surface area is 274 Å². The van der Waals surface area contributed by atoms with Crippen LogP contribution in [0.5, 0.6) is 0 Å². The van der Waals surface area contributed by atoms with Crippen molar-refractivity contribution in [3.63, 3.8) is 0 Å². The Morgan fingerprint density at radius 3 is 2.43 bits per heavy atom. The fourth-order valence-corrected chi connectivity index (χ4v) is 6.80. The fourth-order valence-electron chi connectivity index (χ4n) is 4.47. The van der Waals surface area contributed by atoms with E-state index in [0.717, 1.165) is 5.56 Å². The lowest BCUT2D eigenvalue weighted by Crippen LogP contribution is -2.29. The smallest absolute Gasteiger partial charge is 0.338 e. The summed E-state index contributed by atoms with van der Waals surface area (Å²) in [7, 11) is -3.77. The summed E-state index contributed by atoms with van der Waals surface area (Å²) >= 11 is 2.48. The third-order valence-electron chi connectivity index (χ3n) is 6.88. The molecule has 12 nitrogen and oxygen atoms in total. The number of hydrogen-bond donors (Lipinski definition) is 3. The number of anilines is 1. The van der Waals surface area contributed by atoms with E-state index in [0.29, 0.717) is 52.4 Å². The number of carbonyl (C=O) groups excluding carboxylic acids is 3. The van der Waals surface area contributed by atoms with Gasteiger partial charge in [-0.25, -0.2) is 23.3 Å². The number of primary sulfonamides is 1. The van der Waals surface area contributed by atoms with Crippen molar-refractivity contribution in [3.8, 4) is 0 Å². The summed E-state index contributed by atoms with van der Waals surface area (Å²) in [6.45, 7) is 4.45. The summed E-state index contributed by atoms with van der Waals surface area (Å²) in [5.74, 6) is -0.905. The molecule has 0 bridgehead atoms. The molecule has 0 spiro atoms. The molecule has 46 heavy (non-hydrogen) atoms. The zero-order chi connectivity index (χ0) is 33.3. The fraction of sp³-hybridized carbons (Fsp3) is 0.323. The Hall–Kier alpha value is -4.05. The quantitative estimate of drug-likeness (QED) is 0.0950. The number of thiophene rings is 1. The van der Waals surface area contributed by atoms with Crippen LogP contribution in [0.2, 0.25) is 0 Å². The second kappa shape index (κ2) is 16.0. The Morgan fingerprint density at radius 1 is 1.07 bits per heavy atom. The highest BCUT2D eigenvalue weighted by Crippen LogP contribution is 2.27. The van der Waals surface area contributed by atoms with E-state index in [-0.39, 0.29) is 41.8 Å². The number of aromatic nitrogens is 2.